The SMILES string of the molecule is CCOCC(=O)Oc1cc(C(=O)O)n(C)n1. The highest BCUT2D eigenvalue weighted by molar-refractivity contribution is 5.86. The van der Waals surface area contributed by atoms with Crippen molar-refractivity contribution in [3.05, 3.63) is 11.8 Å². The van der Waals surface area contributed by atoms with Crippen molar-refractivity contribution in [1.82, 2.24) is 9.78 Å². The van der Waals surface area contributed by atoms with Crippen LogP contribution in [-0.2, 0) is 16.6 Å². The van der Waals surface area contributed by atoms with Gasteiger partial charge in [0.15, 0.2) is 0 Å². The lowest BCUT2D eigenvalue weighted by Gasteiger charge is -1.99. The molecule has 0 amide bonds. The zero-order valence-corrected chi connectivity index (χ0v) is 8.97. The summed E-state index contributed by atoms with van der Waals surface area (Å²) >= 11 is 0. The van der Waals surface area contributed by atoms with Crippen LogP contribution in [0.25, 0.3) is 0 Å². The molecule has 0 spiro atoms. The number of aromatic carboxylic acids is 1. The topological polar surface area (TPSA) is 90.6 Å². The van der Waals surface area contributed by atoms with Crippen molar-refractivity contribution in [1.29, 1.82) is 0 Å². The standard InChI is InChI=1S/C9H12N2O5/c1-3-15-5-8(12)16-7-4-6(9(13)14)11(2)10-7/h4H,3,5H2,1-2H3,(H,13,14). The van der Waals surface area contributed by atoms with Crippen LogP contribution in [0.2, 0.25) is 0 Å². The van der Waals surface area contributed by atoms with Crippen molar-refractivity contribution in [2.45, 2.75) is 6.92 Å². The second kappa shape index (κ2) is 5.26. The van der Waals surface area contributed by atoms with Crippen LogP contribution in [-0.4, -0.2) is 40.0 Å². The zero-order valence-electron chi connectivity index (χ0n) is 8.97. The van der Waals surface area contributed by atoms with E-state index in [1.807, 2.05) is 0 Å². The van der Waals surface area contributed by atoms with Gasteiger partial charge >= 0.3 is 11.9 Å². The molecule has 7 nitrogen and oxygen atoms in total. The number of rotatable bonds is 5. The Morgan fingerprint density at radius 3 is 2.75 bits per heavy atom. The van der Waals surface area contributed by atoms with Gasteiger partial charge in [0.2, 0.25) is 5.88 Å². The van der Waals surface area contributed by atoms with Gasteiger partial charge in [0.1, 0.15) is 12.3 Å². The van der Waals surface area contributed by atoms with Crippen LogP contribution in [0.4, 0.5) is 0 Å². The van der Waals surface area contributed by atoms with E-state index in [-0.39, 0.29) is 18.2 Å². The van der Waals surface area contributed by atoms with Crippen LogP contribution in [0.5, 0.6) is 5.88 Å². The van der Waals surface area contributed by atoms with E-state index in [1.54, 1.807) is 6.92 Å². The van der Waals surface area contributed by atoms with Crippen LogP contribution in [0.15, 0.2) is 6.07 Å². The maximum atomic E-state index is 11.1. The van der Waals surface area contributed by atoms with Crippen molar-refractivity contribution < 1.29 is 24.2 Å². The van der Waals surface area contributed by atoms with E-state index in [9.17, 15) is 9.59 Å². The minimum atomic E-state index is -1.14. The van der Waals surface area contributed by atoms with Gasteiger partial charge in [-0.2, -0.15) is 0 Å². The van der Waals surface area contributed by atoms with Gasteiger partial charge in [-0.05, 0) is 6.92 Å². The molecule has 1 rings (SSSR count). The smallest absolute Gasteiger partial charge is 0.354 e. The first-order chi connectivity index (χ1) is 7.54. The molecule has 0 aliphatic rings. The average molecular weight is 228 g/mol. The molecule has 1 heterocycles. The molecule has 0 radical (unpaired) electrons. The fourth-order valence-corrected chi connectivity index (χ4v) is 1.02. The molecule has 0 unspecified atom stereocenters. The first-order valence-corrected chi connectivity index (χ1v) is 4.60. The molecule has 0 saturated heterocycles. The van der Waals surface area contributed by atoms with Crippen molar-refractivity contribution >= 4 is 11.9 Å². The summed E-state index contributed by atoms with van der Waals surface area (Å²) in [4.78, 5) is 21.8. The molecule has 0 aliphatic heterocycles. The molecule has 88 valence electrons. The van der Waals surface area contributed by atoms with Crippen molar-refractivity contribution in [2.75, 3.05) is 13.2 Å². The maximum absolute atomic E-state index is 11.1. The third-order valence-electron chi connectivity index (χ3n) is 1.72. The number of esters is 1. The molecule has 0 atom stereocenters. The molecule has 0 aliphatic carbocycles. The van der Waals surface area contributed by atoms with Gasteiger partial charge in [-0.15, -0.1) is 5.10 Å². The van der Waals surface area contributed by atoms with Crippen LogP contribution in [0.1, 0.15) is 17.4 Å². The molecule has 0 saturated carbocycles. The molecule has 1 aromatic rings. The quantitative estimate of drug-likeness (QED) is 0.716. The molecule has 0 fully saturated rings. The van der Waals surface area contributed by atoms with Gasteiger partial charge in [0.25, 0.3) is 0 Å². The van der Waals surface area contributed by atoms with Crippen LogP contribution in [0, 0.1) is 0 Å². The lowest BCUT2D eigenvalue weighted by Crippen LogP contribution is -2.15. The van der Waals surface area contributed by atoms with Crippen LogP contribution < -0.4 is 4.74 Å². The molecule has 7 heteroatoms. The number of carboxylic acids is 1. The van der Waals surface area contributed by atoms with E-state index in [1.165, 1.54) is 13.1 Å². The highest BCUT2D eigenvalue weighted by Gasteiger charge is 2.14. The Balaban J connectivity index is 2.64. The molecule has 16 heavy (non-hydrogen) atoms. The fourth-order valence-electron chi connectivity index (χ4n) is 1.02. The summed E-state index contributed by atoms with van der Waals surface area (Å²) in [5.41, 5.74) is -0.0563. The Labute approximate surface area is 91.6 Å². The van der Waals surface area contributed by atoms with E-state index in [0.29, 0.717) is 6.61 Å². The summed E-state index contributed by atoms with van der Waals surface area (Å²) in [6, 6.07) is 1.17. The minimum Gasteiger partial charge on any atom is -0.477 e. The highest BCUT2D eigenvalue weighted by atomic mass is 16.6. The highest BCUT2D eigenvalue weighted by Crippen LogP contribution is 2.10. The van der Waals surface area contributed by atoms with E-state index >= 15 is 0 Å². The largest absolute Gasteiger partial charge is 0.477 e. The Morgan fingerprint density at radius 2 is 2.25 bits per heavy atom. The number of aromatic nitrogens is 2. The maximum Gasteiger partial charge on any atom is 0.354 e. The first kappa shape index (κ1) is 12.2. The van der Waals surface area contributed by atoms with E-state index < -0.39 is 11.9 Å². The fraction of sp³-hybridized carbons (Fsp3) is 0.444. The number of carbonyl (C=O) groups is 2. The summed E-state index contributed by atoms with van der Waals surface area (Å²) in [7, 11) is 1.45. The van der Waals surface area contributed by atoms with Gasteiger partial charge < -0.3 is 14.6 Å². The minimum absolute atomic E-state index is 0.0513. The summed E-state index contributed by atoms with van der Waals surface area (Å²) in [6.07, 6.45) is 0. The van der Waals surface area contributed by atoms with Crippen LogP contribution in [0.3, 0.4) is 0 Å². The Kier molecular flexibility index (Phi) is 4.01. The lowest BCUT2D eigenvalue weighted by molar-refractivity contribution is -0.139. The van der Waals surface area contributed by atoms with Gasteiger partial charge in [-0.1, -0.05) is 0 Å². The molecule has 0 aromatic carbocycles. The molecule has 1 N–H and O–H groups in total. The summed E-state index contributed by atoms with van der Waals surface area (Å²) in [5.74, 6) is -1.80. The number of hydrogen-bond donors (Lipinski definition) is 1. The number of carbonyl (C=O) groups excluding carboxylic acids is 1. The Hall–Kier alpha value is -1.89. The van der Waals surface area contributed by atoms with Crippen molar-refractivity contribution in [2.24, 2.45) is 7.05 Å². The lowest BCUT2D eigenvalue weighted by atomic mass is 10.4. The summed E-state index contributed by atoms with van der Waals surface area (Å²) in [6.45, 7) is 1.96. The zero-order chi connectivity index (χ0) is 12.1. The second-order valence-electron chi connectivity index (χ2n) is 2.91. The van der Waals surface area contributed by atoms with Crippen molar-refractivity contribution in [3.63, 3.8) is 0 Å². The van der Waals surface area contributed by atoms with Crippen LogP contribution >= 0.6 is 0 Å². The summed E-state index contributed by atoms with van der Waals surface area (Å²) < 4.78 is 10.7. The normalized spacial score (nSPS) is 10.1. The second-order valence-corrected chi connectivity index (χ2v) is 2.91. The van der Waals surface area contributed by atoms with E-state index in [2.05, 4.69) is 5.10 Å². The average Bonchev–Trinajstić information content (AvgIpc) is 2.56. The van der Waals surface area contributed by atoms with E-state index in [4.69, 9.17) is 14.6 Å². The third-order valence-corrected chi connectivity index (χ3v) is 1.72. The van der Waals surface area contributed by atoms with Gasteiger partial charge in [0, 0.05) is 19.7 Å². The first-order valence-electron chi connectivity index (χ1n) is 4.60. The van der Waals surface area contributed by atoms with Gasteiger partial charge in [-0.3, -0.25) is 4.68 Å². The predicted molar refractivity (Wildman–Crippen MR) is 52.3 cm³/mol. The number of hydrogen-bond acceptors (Lipinski definition) is 5. The number of nitrogens with zero attached hydrogens (tertiary/aromatic N) is 2. The third kappa shape index (κ3) is 3.06. The van der Waals surface area contributed by atoms with Gasteiger partial charge in [-0.25, -0.2) is 9.59 Å². The van der Waals surface area contributed by atoms with Gasteiger partial charge in [0.05, 0.1) is 0 Å². The predicted octanol–water partition coefficient (Wildman–Crippen LogP) is 0.0602. The molecular weight excluding hydrogens is 216 g/mol. The molecule has 0 bridgehead atoms. The molecular formula is C9H12N2O5. The number of carboxylic acid groups (broad SMARTS) is 1. The Bertz CT molecular complexity index is 399. The number of aryl methyl sites for hydroxylation is 1. The van der Waals surface area contributed by atoms with Crippen molar-refractivity contribution in [3.8, 4) is 5.88 Å². The summed E-state index contributed by atoms with van der Waals surface area (Å²) in [5, 5.41) is 12.4. The monoisotopic (exact) mass is 228 g/mol. The molecule has 1 aromatic heterocycles. The Morgan fingerprint density at radius 1 is 1.56 bits per heavy atom. The van der Waals surface area contributed by atoms with E-state index in [0.717, 1.165) is 4.68 Å². The number of ether oxygens (including phenoxy) is 2.